The number of aromatic amines is 1. The van der Waals surface area contributed by atoms with E-state index in [9.17, 15) is 4.79 Å². The zero-order chi connectivity index (χ0) is 21.0. The molecule has 2 fully saturated rings. The number of H-pyrrole nitrogens is 1. The number of fused-ring (bicyclic) bond motifs is 1. The fourth-order valence-electron chi connectivity index (χ4n) is 4.29. The van der Waals surface area contributed by atoms with Crippen molar-refractivity contribution < 1.29 is 14.3 Å². The summed E-state index contributed by atoms with van der Waals surface area (Å²) in [4.78, 5) is 25.4. The molecule has 1 atom stereocenters. The van der Waals surface area contributed by atoms with Gasteiger partial charge in [-0.15, -0.1) is 0 Å². The lowest BCUT2D eigenvalue weighted by Gasteiger charge is -2.22. The van der Waals surface area contributed by atoms with Crippen LogP contribution in [0, 0.1) is 0 Å². The number of carbonyl (C=O) groups excluding carboxylic acids is 1. The van der Waals surface area contributed by atoms with Crippen molar-refractivity contribution in [3.05, 3.63) is 54.1 Å². The van der Waals surface area contributed by atoms with E-state index in [1.54, 1.807) is 0 Å². The van der Waals surface area contributed by atoms with Gasteiger partial charge in [0, 0.05) is 38.3 Å². The molecular formula is C24H28N4O3. The summed E-state index contributed by atoms with van der Waals surface area (Å²) in [6.07, 6.45) is 3.19. The van der Waals surface area contributed by atoms with Crippen molar-refractivity contribution in [2.75, 3.05) is 44.3 Å². The molecule has 7 heteroatoms. The molecule has 2 saturated heterocycles. The molecule has 31 heavy (non-hydrogen) atoms. The highest BCUT2D eigenvalue weighted by Gasteiger charge is 2.22. The highest BCUT2D eigenvalue weighted by Crippen LogP contribution is 2.21. The van der Waals surface area contributed by atoms with Gasteiger partial charge in [0.2, 0.25) is 5.95 Å². The third-order valence-corrected chi connectivity index (χ3v) is 6.00. The van der Waals surface area contributed by atoms with Crippen LogP contribution < -0.4 is 9.64 Å². The molecule has 0 aliphatic carbocycles. The first kappa shape index (κ1) is 19.9. The third-order valence-electron chi connectivity index (χ3n) is 6.00. The molecule has 1 aromatic heterocycles. The van der Waals surface area contributed by atoms with Crippen LogP contribution in [0.3, 0.4) is 0 Å². The van der Waals surface area contributed by atoms with Gasteiger partial charge in [-0.05, 0) is 49.6 Å². The summed E-state index contributed by atoms with van der Waals surface area (Å²) in [5.41, 5.74) is 2.67. The number of aromatic nitrogens is 2. The second-order valence-electron chi connectivity index (χ2n) is 8.18. The monoisotopic (exact) mass is 420 g/mol. The molecule has 1 unspecified atom stereocenters. The maximum Gasteiger partial charge on any atom is 0.254 e. The first-order chi connectivity index (χ1) is 15.3. The van der Waals surface area contributed by atoms with Gasteiger partial charge < -0.3 is 24.3 Å². The normalized spacial score (nSPS) is 19.5. The number of carbonyl (C=O) groups is 1. The van der Waals surface area contributed by atoms with Crippen LogP contribution in [0.1, 0.15) is 29.6 Å². The van der Waals surface area contributed by atoms with Crippen LogP contribution in [0.25, 0.3) is 11.0 Å². The SMILES string of the molecule is O=C(c1cccc(OCC2CCCO2)c1)N1CCCN(c2nc3ccccc3[nH]2)CC1. The molecule has 162 valence electrons. The van der Waals surface area contributed by atoms with Gasteiger partial charge in [0.05, 0.1) is 17.1 Å². The summed E-state index contributed by atoms with van der Waals surface area (Å²) < 4.78 is 11.5. The van der Waals surface area contributed by atoms with E-state index in [-0.39, 0.29) is 12.0 Å². The van der Waals surface area contributed by atoms with Crippen molar-refractivity contribution in [2.45, 2.75) is 25.4 Å². The summed E-state index contributed by atoms with van der Waals surface area (Å²) in [6, 6.07) is 15.5. The summed E-state index contributed by atoms with van der Waals surface area (Å²) in [7, 11) is 0. The van der Waals surface area contributed by atoms with Gasteiger partial charge in [0.25, 0.3) is 5.91 Å². The number of imidazole rings is 1. The highest BCUT2D eigenvalue weighted by atomic mass is 16.5. The van der Waals surface area contributed by atoms with E-state index in [0.29, 0.717) is 18.7 Å². The first-order valence-corrected chi connectivity index (χ1v) is 11.1. The maximum absolute atomic E-state index is 13.2. The van der Waals surface area contributed by atoms with Gasteiger partial charge in [-0.2, -0.15) is 0 Å². The van der Waals surface area contributed by atoms with Crippen molar-refractivity contribution >= 4 is 22.9 Å². The van der Waals surface area contributed by atoms with E-state index >= 15 is 0 Å². The van der Waals surface area contributed by atoms with Gasteiger partial charge in [0.1, 0.15) is 12.4 Å². The number of anilines is 1. The van der Waals surface area contributed by atoms with Crippen LogP contribution >= 0.6 is 0 Å². The Morgan fingerprint density at radius 1 is 1.10 bits per heavy atom. The molecule has 1 amide bonds. The van der Waals surface area contributed by atoms with Crippen LogP contribution in [0.5, 0.6) is 5.75 Å². The quantitative estimate of drug-likeness (QED) is 0.684. The minimum atomic E-state index is 0.0500. The van der Waals surface area contributed by atoms with Crippen molar-refractivity contribution in [2.24, 2.45) is 0 Å². The Balaban J connectivity index is 1.22. The fraction of sp³-hybridized carbons (Fsp3) is 0.417. The molecule has 2 aliphatic rings. The largest absolute Gasteiger partial charge is 0.491 e. The second kappa shape index (κ2) is 8.98. The maximum atomic E-state index is 13.2. The average molecular weight is 421 g/mol. The number of hydrogen-bond donors (Lipinski definition) is 1. The Morgan fingerprint density at radius 3 is 2.90 bits per heavy atom. The molecule has 0 spiro atoms. The predicted octanol–water partition coefficient (Wildman–Crippen LogP) is 3.47. The van der Waals surface area contributed by atoms with E-state index in [1.807, 2.05) is 53.4 Å². The zero-order valence-corrected chi connectivity index (χ0v) is 17.6. The van der Waals surface area contributed by atoms with Crippen molar-refractivity contribution in [3.63, 3.8) is 0 Å². The number of nitrogens with one attached hydrogen (secondary N) is 1. The molecule has 0 saturated carbocycles. The molecule has 0 radical (unpaired) electrons. The third kappa shape index (κ3) is 4.51. The predicted molar refractivity (Wildman–Crippen MR) is 120 cm³/mol. The van der Waals surface area contributed by atoms with Crippen molar-refractivity contribution in [1.29, 1.82) is 0 Å². The van der Waals surface area contributed by atoms with E-state index in [1.165, 1.54) is 0 Å². The molecule has 3 heterocycles. The zero-order valence-electron chi connectivity index (χ0n) is 17.6. The number of para-hydroxylation sites is 2. The first-order valence-electron chi connectivity index (χ1n) is 11.1. The van der Waals surface area contributed by atoms with Gasteiger partial charge in [-0.3, -0.25) is 4.79 Å². The van der Waals surface area contributed by atoms with Crippen LogP contribution in [0.15, 0.2) is 48.5 Å². The van der Waals surface area contributed by atoms with Crippen LogP contribution in [0.4, 0.5) is 5.95 Å². The van der Waals surface area contributed by atoms with Gasteiger partial charge >= 0.3 is 0 Å². The minimum Gasteiger partial charge on any atom is -0.491 e. The smallest absolute Gasteiger partial charge is 0.254 e. The Morgan fingerprint density at radius 2 is 2.03 bits per heavy atom. The fourth-order valence-corrected chi connectivity index (χ4v) is 4.29. The van der Waals surface area contributed by atoms with Gasteiger partial charge in [0.15, 0.2) is 0 Å². The summed E-state index contributed by atoms with van der Waals surface area (Å²) in [6.45, 7) is 4.36. The Labute approximate surface area is 182 Å². The molecule has 2 aromatic carbocycles. The van der Waals surface area contributed by atoms with E-state index in [2.05, 4.69) is 9.88 Å². The summed E-state index contributed by atoms with van der Waals surface area (Å²) in [5, 5.41) is 0. The highest BCUT2D eigenvalue weighted by molar-refractivity contribution is 5.94. The minimum absolute atomic E-state index is 0.0500. The van der Waals surface area contributed by atoms with Crippen molar-refractivity contribution in [3.8, 4) is 5.75 Å². The Kier molecular flexibility index (Phi) is 5.76. The number of benzene rings is 2. The number of hydrogen-bond acceptors (Lipinski definition) is 5. The van der Waals surface area contributed by atoms with E-state index in [0.717, 1.165) is 68.2 Å². The molecule has 1 N–H and O–H groups in total. The van der Waals surface area contributed by atoms with Crippen LogP contribution in [-0.4, -0.2) is 66.3 Å². The standard InChI is InChI=1S/C24H28N4O3/c29-23(18-6-3-7-19(16-18)31-17-20-8-4-15-30-20)27-11-5-12-28(14-13-27)24-25-21-9-1-2-10-22(21)26-24/h1-3,6-7,9-10,16,20H,4-5,8,11-15,17H2,(H,25,26). The Bertz CT molecular complexity index is 1010. The molecule has 3 aromatic rings. The lowest BCUT2D eigenvalue weighted by molar-refractivity contribution is 0.0677. The summed E-state index contributed by atoms with van der Waals surface area (Å²) >= 11 is 0. The van der Waals surface area contributed by atoms with Crippen LogP contribution in [-0.2, 0) is 4.74 Å². The molecule has 5 rings (SSSR count). The number of amides is 1. The molecule has 0 bridgehead atoms. The van der Waals surface area contributed by atoms with Crippen molar-refractivity contribution in [1.82, 2.24) is 14.9 Å². The van der Waals surface area contributed by atoms with E-state index in [4.69, 9.17) is 14.5 Å². The topological polar surface area (TPSA) is 70.7 Å². The van der Waals surface area contributed by atoms with Gasteiger partial charge in [-0.25, -0.2) is 4.98 Å². The summed E-state index contributed by atoms with van der Waals surface area (Å²) in [5.74, 6) is 1.65. The van der Waals surface area contributed by atoms with Crippen LogP contribution in [0.2, 0.25) is 0 Å². The van der Waals surface area contributed by atoms with Gasteiger partial charge in [-0.1, -0.05) is 18.2 Å². The molecule has 2 aliphatic heterocycles. The Hall–Kier alpha value is -3.06. The second-order valence-corrected chi connectivity index (χ2v) is 8.18. The average Bonchev–Trinajstić information content (AvgIpc) is 3.42. The lowest BCUT2D eigenvalue weighted by Crippen LogP contribution is -2.35. The lowest BCUT2D eigenvalue weighted by atomic mass is 10.2. The number of ether oxygens (including phenoxy) is 2. The number of rotatable bonds is 5. The molecular weight excluding hydrogens is 392 g/mol. The molecule has 7 nitrogen and oxygen atoms in total. The van der Waals surface area contributed by atoms with E-state index < -0.39 is 0 Å². The number of nitrogens with zero attached hydrogens (tertiary/aromatic N) is 3.